The van der Waals surface area contributed by atoms with Crippen molar-refractivity contribution in [3.8, 4) is 0 Å². The third-order valence-corrected chi connectivity index (χ3v) is 4.42. The summed E-state index contributed by atoms with van der Waals surface area (Å²) in [5.74, 6) is 0. The van der Waals surface area contributed by atoms with E-state index in [9.17, 15) is 0 Å². The molecule has 1 aromatic carbocycles. The molecule has 0 amide bonds. The van der Waals surface area contributed by atoms with Crippen molar-refractivity contribution >= 4 is 0 Å². The van der Waals surface area contributed by atoms with E-state index in [4.69, 9.17) is 0 Å². The molecule has 0 aliphatic heterocycles. The Morgan fingerprint density at radius 2 is 2.06 bits per heavy atom. The Kier molecular flexibility index (Phi) is 3.58. The van der Waals surface area contributed by atoms with Crippen LogP contribution in [0.25, 0.3) is 0 Å². The number of hydrogen-bond donors (Lipinski definition) is 0. The van der Waals surface area contributed by atoms with E-state index in [0.29, 0.717) is 5.41 Å². The monoisotopic (exact) mass is 231 g/mol. The van der Waals surface area contributed by atoms with Crippen LogP contribution in [0.3, 0.4) is 0 Å². The van der Waals surface area contributed by atoms with Gasteiger partial charge in [0.2, 0.25) is 0 Å². The average molecular weight is 231 g/mol. The molecule has 0 heterocycles. The predicted molar refractivity (Wildman–Crippen MR) is 74.6 cm³/mol. The maximum Gasteiger partial charge on any atom is -0.00163 e. The predicted octanol–water partition coefficient (Wildman–Crippen LogP) is 3.54. The minimum atomic E-state index is 0.452. The highest BCUT2D eigenvalue weighted by atomic mass is 15.0. The molecule has 1 aliphatic carbocycles. The molecular weight excluding hydrogens is 206 g/mol. The standard InChI is InChI=1S/C16H25N/c1-5-16(10-11-17(3)4)9-8-14-12-13(2)6-7-15(14)16/h6-7,12H,5,8-11H2,1-4H3. The van der Waals surface area contributed by atoms with Crippen LogP contribution in [0, 0.1) is 6.92 Å². The van der Waals surface area contributed by atoms with Gasteiger partial charge in [-0.25, -0.2) is 0 Å². The first-order chi connectivity index (χ1) is 8.07. The summed E-state index contributed by atoms with van der Waals surface area (Å²) in [7, 11) is 4.35. The number of fused-ring (bicyclic) bond motifs is 1. The molecule has 94 valence electrons. The van der Waals surface area contributed by atoms with Gasteiger partial charge < -0.3 is 4.90 Å². The Morgan fingerprint density at radius 3 is 2.71 bits per heavy atom. The Hall–Kier alpha value is -0.820. The fourth-order valence-corrected chi connectivity index (χ4v) is 3.20. The van der Waals surface area contributed by atoms with E-state index in [-0.39, 0.29) is 0 Å². The second kappa shape index (κ2) is 4.81. The van der Waals surface area contributed by atoms with Crippen LogP contribution in [0.2, 0.25) is 0 Å². The van der Waals surface area contributed by atoms with Crippen LogP contribution in [0.1, 0.15) is 42.9 Å². The van der Waals surface area contributed by atoms with Gasteiger partial charge in [0.25, 0.3) is 0 Å². The minimum Gasteiger partial charge on any atom is -0.309 e. The van der Waals surface area contributed by atoms with Crippen LogP contribution in [-0.2, 0) is 11.8 Å². The van der Waals surface area contributed by atoms with E-state index < -0.39 is 0 Å². The van der Waals surface area contributed by atoms with Crippen molar-refractivity contribution in [2.24, 2.45) is 0 Å². The Morgan fingerprint density at radius 1 is 1.29 bits per heavy atom. The van der Waals surface area contributed by atoms with Gasteiger partial charge in [-0.1, -0.05) is 30.7 Å². The van der Waals surface area contributed by atoms with Gasteiger partial charge >= 0.3 is 0 Å². The fourth-order valence-electron chi connectivity index (χ4n) is 3.20. The second-order valence-electron chi connectivity index (χ2n) is 5.85. The van der Waals surface area contributed by atoms with Gasteiger partial charge in [-0.15, -0.1) is 0 Å². The summed E-state index contributed by atoms with van der Waals surface area (Å²) >= 11 is 0. The molecule has 0 N–H and O–H groups in total. The summed E-state index contributed by atoms with van der Waals surface area (Å²) < 4.78 is 0. The van der Waals surface area contributed by atoms with Gasteiger partial charge in [-0.05, 0) is 69.8 Å². The molecule has 0 saturated carbocycles. The summed E-state index contributed by atoms with van der Waals surface area (Å²) in [5, 5.41) is 0. The molecule has 1 heteroatoms. The first-order valence-corrected chi connectivity index (χ1v) is 6.82. The lowest BCUT2D eigenvalue weighted by Crippen LogP contribution is -2.28. The molecule has 0 radical (unpaired) electrons. The molecule has 0 saturated heterocycles. The highest BCUT2D eigenvalue weighted by Crippen LogP contribution is 2.44. The topological polar surface area (TPSA) is 3.24 Å². The molecular formula is C16H25N. The average Bonchev–Trinajstić information content (AvgIpc) is 2.65. The molecule has 1 unspecified atom stereocenters. The summed E-state index contributed by atoms with van der Waals surface area (Å²) in [5.41, 5.74) is 5.09. The van der Waals surface area contributed by atoms with Crippen LogP contribution in [0.5, 0.6) is 0 Å². The summed E-state index contributed by atoms with van der Waals surface area (Å²) in [6, 6.07) is 7.06. The van der Waals surface area contributed by atoms with E-state index in [0.717, 1.165) is 0 Å². The van der Waals surface area contributed by atoms with Gasteiger partial charge in [0.1, 0.15) is 0 Å². The fraction of sp³-hybridized carbons (Fsp3) is 0.625. The van der Waals surface area contributed by atoms with Crippen LogP contribution in [0.15, 0.2) is 18.2 Å². The maximum atomic E-state index is 2.39. The Bertz CT molecular complexity index is 395. The molecule has 2 rings (SSSR count). The van der Waals surface area contributed by atoms with E-state index in [1.165, 1.54) is 37.8 Å². The van der Waals surface area contributed by atoms with E-state index >= 15 is 0 Å². The third-order valence-electron chi connectivity index (χ3n) is 4.42. The van der Waals surface area contributed by atoms with Gasteiger partial charge in [0.15, 0.2) is 0 Å². The van der Waals surface area contributed by atoms with Gasteiger partial charge in [-0.3, -0.25) is 0 Å². The van der Waals surface area contributed by atoms with Crippen LogP contribution in [0.4, 0.5) is 0 Å². The minimum absolute atomic E-state index is 0.452. The molecule has 1 aromatic rings. The molecule has 0 fully saturated rings. The zero-order valence-corrected chi connectivity index (χ0v) is 11.7. The highest BCUT2D eigenvalue weighted by molar-refractivity contribution is 5.41. The zero-order chi connectivity index (χ0) is 12.5. The van der Waals surface area contributed by atoms with E-state index in [1.807, 2.05) is 0 Å². The normalized spacial score (nSPS) is 23.1. The van der Waals surface area contributed by atoms with Gasteiger partial charge in [0, 0.05) is 0 Å². The third kappa shape index (κ3) is 2.40. The van der Waals surface area contributed by atoms with Crippen molar-refractivity contribution in [3.05, 3.63) is 34.9 Å². The SMILES string of the molecule is CCC1(CCN(C)C)CCc2cc(C)ccc21. The molecule has 0 spiro atoms. The van der Waals surface area contributed by atoms with E-state index in [2.05, 4.69) is 51.0 Å². The van der Waals surface area contributed by atoms with Crippen molar-refractivity contribution in [1.29, 1.82) is 0 Å². The summed E-state index contributed by atoms with van der Waals surface area (Å²) in [6.07, 6.45) is 5.19. The Balaban J connectivity index is 2.27. The van der Waals surface area contributed by atoms with Crippen LogP contribution < -0.4 is 0 Å². The molecule has 0 bridgehead atoms. The number of rotatable bonds is 4. The molecule has 1 aliphatic rings. The highest BCUT2D eigenvalue weighted by Gasteiger charge is 2.36. The van der Waals surface area contributed by atoms with Gasteiger partial charge in [-0.2, -0.15) is 0 Å². The number of aryl methyl sites for hydroxylation is 2. The van der Waals surface area contributed by atoms with E-state index in [1.54, 1.807) is 11.1 Å². The summed E-state index contributed by atoms with van der Waals surface area (Å²) in [4.78, 5) is 2.31. The van der Waals surface area contributed by atoms with Crippen molar-refractivity contribution in [2.45, 2.75) is 44.9 Å². The maximum absolute atomic E-state index is 2.39. The molecule has 1 atom stereocenters. The molecule has 17 heavy (non-hydrogen) atoms. The van der Waals surface area contributed by atoms with Crippen molar-refractivity contribution in [3.63, 3.8) is 0 Å². The smallest absolute Gasteiger partial charge is 0.00163 e. The van der Waals surface area contributed by atoms with Gasteiger partial charge in [0.05, 0.1) is 0 Å². The largest absolute Gasteiger partial charge is 0.309 e. The van der Waals surface area contributed by atoms with Crippen molar-refractivity contribution in [2.75, 3.05) is 20.6 Å². The summed E-state index contributed by atoms with van der Waals surface area (Å²) in [6.45, 7) is 5.75. The number of nitrogens with zero attached hydrogens (tertiary/aromatic N) is 1. The number of benzene rings is 1. The quantitative estimate of drug-likeness (QED) is 0.766. The lowest BCUT2D eigenvalue weighted by Gasteiger charge is -2.30. The molecule has 0 aromatic heterocycles. The lowest BCUT2D eigenvalue weighted by molar-refractivity contribution is 0.303. The second-order valence-corrected chi connectivity index (χ2v) is 5.85. The molecule has 1 nitrogen and oxygen atoms in total. The van der Waals surface area contributed by atoms with Crippen LogP contribution >= 0.6 is 0 Å². The van der Waals surface area contributed by atoms with Crippen LogP contribution in [-0.4, -0.2) is 25.5 Å². The Labute approximate surface area is 106 Å². The first kappa shape index (κ1) is 12.6. The van der Waals surface area contributed by atoms with Crippen molar-refractivity contribution < 1.29 is 0 Å². The lowest BCUT2D eigenvalue weighted by atomic mass is 9.76. The zero-order valence-electron chi connectivity index (χ0n) is 11.7. The first-order valence-electron chi connectivity index (χ1n) is 6.82. The van der Waals surface area contributed by atoms with Crippen molar-refractivity contribution in [1.82, 2.24) is 4.90 Å². The number of hydrogen-bond acceptors (Lipinski definition) is 1.